The smallest absolute Gasteiger partial charge is 0.169 e. The van der Waals surface area contributed by atoms with Crippen LogP contribution in [0, 0.1) is 6.54 Å². The Hall–Kier alpha value is -1.60. The minimum Gasteiger partial charge on any atom is -0.274 e. The third-order valence-corrected chi connectivity index (χ3v) is 2.57. The maximum absolute atomic E-state index is 3.83. The molecule has 0 aliphatic heterocycles. The van der Waals surface area contributed by atoms with Gasteiger partial charge in [0.15, 0.2) is 6.54 Å². The predicted octanol–water partition coefficient (Wildman–Crippen LogP) is 3.71. The highest BCUT2D eigenvalue weighted by Gasteiger charge is 2.26. The van der Waals surface area contributed by atoms with E-state index in [4.69, 9.17) is 0 Å². The monoisotopic (exact) mass is 213 g/mol. The zero-order valence-electron chi connectivity index (χ0n) is 9.68. The lowest BCUT2D eigenvalue weighted by Crippen LogP contribution is -2.46. The lowest BCUT2D eigenvalue weighted by Gasteiger charge is -2.34. The summed E-state index contributed by atoms with van der Waals surface area (Å²) in [7, 11) is 0. The summed E-state index contributed by atoms with van der Waals surface area (Å²) in [4.78, 5) is 0. The van der Waals surface area contributed by atoms with E-state index in [-0.39, 0.29) is 0 Å². The summed E-state index contributed by atoms with van der Waals surface area (Å²) in [5.74, 6) is 0. The SMILES string of the molecule is C=C[CH][N+](CC=C)(CC=C)c1ccccc1. The molecule has 0 aliphatic carbocycles. The van der Waals surface area contributed by atoms with Crippen LogP contribution in [0.3, 0.4) is 0 Å². The maximum Gasteiger partial charge on any atom is 0.169 e. The van der Waals surface area contributed by atoms with Crippen molar-refractivity contribution in [3.05, 3.63) is 74.8 Å². The molecule has 1 aromatic carbocycles. The molecule has 1 radical (unpaired) electrons. The molecule has 0 bridgehead atoms. The van der Waals surface area contributed by atoms with E-state index in [2.05, 4.69) is 38.4 Å². The van der Waals surface area contributed by atoms with Crippen molar-refractivity contribution in [2.75, 3.05) is 13.1 Å². The molecule has 0 spiro atoms. The van der Waals surface area contributed by atoms with Gasteiger partial charge in [0.2, 0.25) is 0 Å². The van der Waals surface area contributed by atoms with Gasteiger partial charge in [0, 0.05) is 0 Å². The molecule has 1 rings (SSSR count). The Morgan fingerprint density at radius 2 is 1.50 bits per heavy atom. The standard InChI is InChI=1S/C15H19N/c1-4-12-16(13-5-2,14-6-3)15-10-8-7-9-11-15/h4-12H,1-3,13-14H2/q+1. The van der Waals surface area contributed by atoms with Crippen LogP contribution < -0.4 is 4.48 Å². The summed E-state index contributed by atoms with van der Waals surface area (Å²) in [5, 5.41) is 0. The van der Waals surface area contributed by atoms with Crippen LogP contribution in [0.15, 0.2) is 68.3 Å². The third kappa shape index (κ3) is 2.71. The van der Waals surface area contributed by atoms with Crippen molar-refractivity contribution < 1.29 is 0 Å². The van der Waals surface area contributed by atoms with E-state index in [0.29, 0.717) is 4.48 Å². The highest BCUT2D eigenvalue weighted by molar-refractivity contribution is 5.46. The first-order valence-corrected chi connectivity index (χ1v) is 5.40. The van der Waals surface area contributed by atoms with Crippen LogP contribution in [-0.4, -0.2) is 13.1 Å². The summed E-state index contributed by atoms with van der Waals surface area (Å²) < 4.78 is 0.692. The third-order valence-electron chi connectivity index (χ3n) is 2.57. The minimum absolute atomic E-state index is 0.692. The van der Waals surface area contributed by atoms with Gasteiger partial charge in [-0.25, -0.2) is 0 Å². The van der Waals surface area contributed by atoms with Gasteiger partial charge in [0.25, 0.3) is 0 Å². The molecule has 0 fully saturated rings. The molecule has 0 amide bonds. The van der Waals surface area contributed by atoms with Crippen molar-refractivity contribution in [1.82, 2.24) is 4.48 Å². The molecule has 1 heteroatoms. The first-order valence-electron chi connectivity index (χ1n) is 5.40. The van der Waals surface area contributed by atoms with E-state index in [1.165, 1.54) is 5.69 Å². The molecular formula is C15H19N+. The summed E-state index contributed by atoms with van der Waals surface area (Å²) in [6, 6.07) is 10.4. The van der Waals surface area contributed by atoms with Crippen molar-refractivity contribution in [3.8, 4) is 0 Å². The minimum atomic E-state index is 0.692. The van der Waals surface area contributed by atoms with Crippen molar-refractivity contribution in [3.63, 3.8) is 0 Å². The number of rotatable bonds is 7. The molecule has 0 atom stereocenters. The van der Waals surface area contributed by atoms with Crippen molar-refractivity contribution >= 4 is 5.69 Å². The highest BCUT2D eigenvalue weighted by Crippen LogP contribution is 2.25. The van der Waals surface area contributed by atoms with Crippen LogP contribution in [0.2, 0.25) is 0 Å². The number of hydrogen-bond acceptors (Lipinski definition) is 0. The maximum atomic E-state index is 3.83. The van der Waals surface area contributed by atoms with Crippen molar-refractivity contribution in [2.24, 2.45) is 0 Å². The van der Waals surface area contributed by atoms with Crippen LogP contribution in [0.1, 0.15) is 0 Å². The second-order valence-electron chi connectivity index (χ2n) is 3.70. The van der Waals surface area contributed by atoms with E-state index in [9.17, 15) is 0 Å². The van der Waals surface area contributed by atoms with E-state index < -0.39 is 0 Å². The molecule has 0 unspecified atom stereocenters. The van der Waals surface area contributed by atoms with Crippen LogP contribution >= 0.6 is 0 Å². The second-order valence-corrected chi connectivity index (χ2v) is 3.70. The first-order chi connectivity index (χ1) is 7.79. The number of nitrogens with zero attached hydrogens (tertiary/aromatic N) is 1. The molecule has 0 heterocycles. The summed E-state index contributed by atoms with van der Waals surface area (Å²) in [5.41, 5.74) is 1.22. The fraction of sp³-hybridized carbons (Fsp3) is 0.133. The lowest BCUT2D eigenvalue weighted by atomic mass is 10.2. The van der Waals surface area contributed by atoms with E-state index >= 15 is 0 Å². The Morgan fingerprint density at radius 3 is 1.94 bits per heavy atom. The number of benzene rings is 1. The average Bonchev–Trinajstić information content (AvgIpc) is 2.31. The Bertz CT molecular complexity index is 324. The lowest BCUT2D eigenvalue weighted by molar-refractivity contribution is 0.415. The Kier molecular flexibility index (Phi) is 4.74. The number of quaternary nitrogens is 1. The summed E-state index contributed by atoms with van der Waals surface area (Å²) >= 11 is 0. The zero-order chi connectivity index (χ0) is 11.9. The molecule has 83 valence electrons. The molecule has 0 aliphatic rings. The Morgan fingerprint density at radius 1 is 0.938 bits per heavy atom. The molecule has 0 N–H and O–H groups in total. The van der Waals surface area contributed by atoms with E-state index in [1.807, 2.05) is 36.4 Å². The summed E-state index contributed by atoms with van der Waals surface area (Å²) in [6.07, 6.45) is 5.69. The molecule has 0 saturated heterocycles. The zero-order valence-corrected chi connectivity index (χ0v) is 9.68. The van der Waals surface area contributed by atoms with Gasteiger partial charge < -0.3 is 0 Å². The van der Waals surface area contributed by atoms with Gasteiger partial charge >= 0.3 is 0 Å². The normalized spacial score (nSPS) is 10.8. The topological polar surface area (TPSA) is 0 Å². The van der Waals surface area contributed by atoms with Gasteiger partial charge in [-0.05, 0) is 30.4 Å². The average molecular weight is 213 g/mol. The van der Waals surface area contributed by atoms with Gasteiger partial charge in [-0.2, -0.15) is 0 Å². The molecule has 1 aromatic rings. The van der Waals surface area contributed by atoms with Crippen molar-refractivity contribution in [1.29, 1.82) is 0 Å². The van der Waals surface area contributed by atoms with E-state index in [0.717, 1.165) is 13.1 Å². The van der Waals surface area contributed by atoms with Crippen LogP contribution in [0.5, 0.6) is 0 Å². The van der Waals surface area contributed by atoms with Gasteiger partial charge in [-0.1, -0.05) is 37.9 Å². The van der Waals surface area contributed by atoms with Crippen LogP contribution in [-0.2, 0) is 0 Å². The molecule has 16 heavy (non-hydrogen) atoms. The second kappa shape index (κ2) is 6.09. The Labute approximate surface area is 98.6 Å². The van der Waals surface area contributed by atoms with Gasteiger partial charge in [0.1, 0.15) is 18.8 Å². The highest BCUT2D eigenvalue weighted by atomic mass is 15.3. The number of hydrogen-bond donors (Lipinski definition) is 0. The van der Waals surface area contributed by atoms with Crippen LogP contribution in [0.25, 0.3) is 0 Å². The molecule has 0 saturated carbocycles. The largest absolute Gasteiger partial charge is 0.274 e. The summed E-state index contributed by atoms with van der Waals surface area (Å²) in [6.45, 7) is 15.2. The van der Waals surface area contributed by atoms with Crippen LogP contribution in [0.4, 0.5) is 5.69 Å². The van der Waals surface area contributed by atoms with Gasteiger partial charge in [0.05, 0.1) is 0 Å². The quantitative estimate of drug-likeness (QED) is 0.478. The first kappa shape index (κ1) is 12.5. The number of para-hydroxylation sites is 1. The molecule has 0 aromatic heterocycles. The Balaban J connectivity index is 3.13. The fourth-order valence-corrected chi connectivity index (χ4v) is 1.88. The van der Waals surface area contributed by atoms with Gasteiger partial charge in [-0.15, -0.1) is 0 Å². The molecule has 1 nitrogen and oxygen atoms in total. The molecular weight excluding hydrogens is 194 g/mol. The fourth-order valence-electron chi connectivity index (χ4n) is 1.88. The van der Waals surface area contributed by atoms with Crippen molar-refractivity contribution in [2.45, 2.75) is 0 Å². The van der Waals surface area contributed by atoms with E-state index in [1.54, 1.807) is 0 Å². The predicted molar refractivity (Wildman–Crippen MR) is 72.9 cm³/mol. The van der Waals surface area contributed by atoms with Gasteiger partial charge in [-0.3, -0.25) is 4.48 Å².